The second-order valence-electron chi connectivity index (χ2n) is 2.10. The first kappa shape index (κ1) is 14.9. The van der Waals surface area contributed by atoms with Crippen molar-refractivity contribution in [1.82, 2.24) is 4.98 Å². The molecule has 1 rings (SSSR count). The van der Waals surface area contributed by atoms with Crippen LogP contribution in [0.3, 0.4) is 0 Å². The fourth-order valence-electron chi connectivity index (χ4n) is 0.673. The van der Waals surface area contributed by atoms with Crippen molar-refractivity contribution < 1.29 is 62.7 Å². The van der Waals surface area contributed by atoms with Gasteiger partial charge in [0.15, 0.2) is 10.8 Å². The molecule has 0 aliphatic carbocycles. The van der Waals surface area contributed by atoms with Gasteiger partial charge in [0.05, 0.1) is 10.7 Å². The van der Waals surface area contributed by atoms with Crippen molar-refractivity contribution in [3.8, 4) is 0 Å². The molecule has 0 unspecified atom stereocenters. The number of carboxylic acid groups (broad SMARTS) is 1. The first-order valence-corrected chi connectivity index (χ1v) is 4.11. The number of hydrogen-bond acceptors (Lipinski definition) is 3. The first-order valence-electron chi connectivity index (χ1n) is 2.98. The van der Waals surface area contributed by atoms with Gasteiger partial charge in [0, 0.05) is 0 Å². The van der Waals surface area contributed by atoms with Crippen molar-refractivity contribution in [3.05, 3.63) is 20.9 Å². The van der Waals surface area contributed by atoms with Gasteiger partial charge < -0.3 is 12.3 Å². The van der Waals surface area contributed by atoms with Gasteiger partial charge in [0.1, 0.15) is 5.02 Å². The Balaban J connectivity index is 0. The van der Waals surface area contributed by atoms with Crippen molar-refractivity contribution in [2.75, 3.05) is 5.73 Å². The van der Waals surface area contributed by atoms with Gasteiger partial charge in [0.2, 0.25) is 0 Å². The van der Waals surface area contributed by atoms with Gasteiger partial charge in [-0.1, -0.05) is 34.8 Å². The molecule has 14 heavy (non-hydrogen) atoms. The summed E-state index contributed by atoms with van der Waals surface area (Å²) in [4.78, 5) is 14.0. The van der Waals surface area contributed by atoms with Gasteiger partial charge in [-0.15, -0.1) is 0 Å². The van der Waals surface area contributed by atoms with E-state index in [4.69, 9.17) is 45.6 Å². The van der Waals surface area contributed by atoms with Crippen molar-refractivity contribution >= 4 is 46.5 Å². The molecule has 4 nitrogen and oxygen atoms in total. The Hall–Kier alpha value is 0.926. The second kappa shape index (κ2) is 5.86. The minimum atomic E-state index is -1.31. The van der Waals surface area contributed by atoms with Crippen LogP contribution in [0.2, 0.25) is 15.2 Å². The van der Waals surface area contributed by atoms with Crippen molar-refractivity contribution in [2.45, 2.75) is 0 Å². The molecule has 0 atom stereocenters. The number of nitrogens with two attached hydrogens (primary N) is 1. The zero-order chi connectivity index (χ0) is 10.2. The molecule has 0 aliphatic heterocycles. The van der Waals surface area contributed by atoms with Crippen LogP contribution in [0.5, 0.6) is 0 Å². The number of nitrogen functional groups attached to an aromatic ring is 1. The Morgan fingerprint density at radius 1 is 1.36 bits per heavy atom. The predicted octanol–water partition coefficient (Wildman–Crippen LogP) is -0.561. The van der Waals surface area contributed by atoms with Crippen LogP contribution < -0.4 is 57.1 Å². The number of halogens is 3. The maximum absolute atomic E-state index is 10.5. The van der Waals surface area contributed by atoms with Crippen LogP contribution in [0, 0.1) is 0 Å². The summed E-state index contributed by atoms with van der Waals surface area (Å²) in [6, 6.07) is 0. The van der Waals surface area contributed by atoms with Crippen molar-refractivity contribution in [1.29, 1.82) is 0 Å². The van der Waals surface area contributed by atoms with E-state index in [9.17, 15) is 4.79 Å². The number of carboxylic acids is 1. The molecule has 0 bridgehead atoms. The summed E-state index contributed by atoms with van der Waals surface area (Å²) in [5.41, 5.74) is 4.88. The standard InChI is InChI=1S/C6H3Cl3N2O2.K.H/c7-1-3(10)2(8)5(9)11-4(1)6(12)13;;/h(H2,10,11)(H,12,13);;/q;+1;-1. The average Bonchev–Trinajstić information content (AvgIpc) is 2.07. The number of pyridine rings is 1. The van der Waals surface area contributed by atoms with Crippen LogP contribution >= 0.6 is 34.8 Å². The summed E-state index contributed by atoms with van der Waals surface area (Å²) in [6.45, 7) is 0. The van der Waals surface area contributed by atoms with E-state index in [0.717, 1.165) is 0 Å². The molecule has 0 aliphatic rings. The normalized spacial score (nSPS) is 9.36. The van der Waals surface area contributed by atoms with Crippen LogP contribution in [-0.4, -0.2) is 16.1 Å². The molecule has 3 N–H and O–H groups in total. The van der Waals surface area contributed by atoms with Crippen LogP contribution in [0.15, 0.2) is 0 Å². The van der Waals surface area contributed by atoms with Gasteiger partial charge in [-0.25, -0.2) is 9.78 Å². The molecule has 0 saturated heterocycles. The Bertz CT molecular complexity index is 391. The number of hydrogen-bond donors (Lipinski definition) is 2. The number of anilines is 1. The SMILES string of the molecule is Nc1c(Cl)c(Cl)nc(C(=O)O)c1Cl.[H-].[K+]. The summed E-state index contributed by atoms with van der Waals surface area (Å²) in [6.07, 6.45) is 0. The number of aromatic carboxylic acids is 1. The smallest absolute Gasteiger partial charge is 1.00 e. The van der Waals surface area contributed by atoms with Crippen molar-refractivity contribution in [2.24, 2.45) is 0 Å². The van der Waals surface area contributed by atoms with Crippen LogP contribution in [0.25, 0.3) is 0 Å². The summed E-state index contributed by atoms with van der Waals surface area (Å²) in [7, 11) is 0. The van der Waals surface area contributed by atoms with E-state index in [0.29, 0.717) is 0 Å². The minimum absolute atomic E-state index is 0. The largest absolute Gasteiger partial charge is 1.00 e. The number of nitrogens with zero attached hydrogens (tertiary/aromatic N) is 1. The molecule has 0 saturated carbocycles. The fraction of sp³-hybridized carbons (Fsp3) is 0. The second-order valence-corrected chi connectivity index (χ2v) is 3.21. The molecule has 0 spiro atoms. The fourth-order valence-corrected chi connectivity index (χ4v) is 1.26. The predicted molar refractivity (Wildman–Crippen MR) is 51.8 cm³/mol. The van der Waals surface area contributed by atoms with E-state index in [1.165, 1.54) is 0 Å². The molecule has 1 heterocycles. The monoisotopic (exact) mass is 280 g/mol. The third-order valence-corrected chi connectivity index (χ3v) is 2.41. The maximum atomic E-state index is 10.5. The third-order valence-electron chi connectivity index (χ3n) is 1.27. The summed E-state index contributed by atoms with van der Waals surface area (Å²) >= 11 is 16.6. The number of carbonyl (C=O) groups is 1. The van der Waals surface area contributed by atoms with Gasteiger partial charge in [-0.05, 0) is 0 Å². The van der Waals surface area contributed by atoms with Gasteiger partial charge in [0.25, 0.3) is 0 Å². The Kier molecular flexibility index (Phi) is 6.25. The van der Waals surface area contributed by atoms with Gasteiger partial charge in [-0.3, -0.25) is 0 Å². The zero-order valence-electron chi connectivity index (χ0n) is 8.01. The maximum Gasteiger partial charge on any atom is 1.00 e. The molecule has 0 radical (unpaired) electrons. The molecule has 8 heteroatoms. The van der Waals surface area contributed by atoms with E-state index < -0.39 is 11.7 Å². The molecule has 1 aromatic heterocycles. The number of aromatic nitrogens is 1. The average molecular weight is 282 g/mol. The van der Waals surface area contributed by atoms with E-state index in [1.807, 2.05) is 0 Å². The van der Waals surface area contributed by atoms with E-state index in [1.54, 1.807) is 0 Å². The molecule has 1 aromatic rings. The Morgan fingerprint density at radius 2 is 1.86 bits per heavy atom. The molecule has 0 amide bonds. The molecule has 72 valence electrons. The molecular formula is C6H4Cl3KN2O2. The van der Waals surface area contributed by atoms with Crippen LogP contribution in [0.4, 0.5) is 5.69 Å². The summed E-state index contributed by atoms with van der Waals surface area (Å²) in [5, 5.41) is 8.17. The van der Waals surface area contributed by atoms with Crippen LogP contribution in [0.1, 0.15) is 11.9 Å². The Morgan fingerprint density at radius 3 is 2.29 bits per heavy atom. The minimum Gasteiger partial charge on any atom is -1.00 e. The van der Waals surface area contributed by atoms with E-state index in [2.05, 4.69) is 4.98 Å². The molecule has 0 aromatic carbocycles. The summed E-state index contributed by atoms with van der Waals surface area (Å²) < 4.78 is 0. The number of rotatable bonds is 1. The topological polar surface area (TPSA) is 76.2 Å². The van der Waals surface area contributed by atoms with E-state index >= 15 is 0 Å². The third kappa shape index (κ3) is 2.96. The van der Waals surface area contributed by atoms with Gasteiger partial charge in [-0.2, -0.15) is 0 Å². The van der Waals surface area contributed by atoms with E-state index in [-0.39, 0.29) is 73.7 Å². The Labute approximate surface area is 139 Å². The van der Waals surface area contributed by atoms with Gasteiger partial charge >= 0.3 is 57.4 Å². The first-order chi connectivity index (χ1) is 5.95. The summed E-state index contributed by atoms with van der Waals surface area (Å²) in [5.74, 6) is -1.31. The molecular weight excluding hydrogens is 278 g/mol. The molecule has 0 fully saturated rings. The zero-order valence-corrected chi connectivity index (χ0v) is 12.4. The van der Waals surface area contributed by atoms with Crippen LogP contribution in [-0.2, 0) is 0 Å². The quantitative estimate of drug-likeness (QED) is 0.534. The van der Waals surface area contributed by atoms with Crippen molar-refractivity contribution in [3.63, 3.8) is 0 Å².